The Morgan fingerprint density at radius 2 is 1.83 bits per heavy atom. The molecule has 0 saturated carbocycles. The number of likely N-dealkylation sites (tertiary alicyclic amines) is 1. The Kier molecular flexibility index (Phi) is 11.3. The minimum Gasteiger partial charge on any atom is -0.394 e. The van der Waals surface area contributed by atoms with Crippen molar-refractivity contribution in [3.63, 3.8) is 0 Å². The maximum absolute atomic E-state index is 12.3. The highest BCUT2D eigenvalue weighted by Crippen LogP contribution is 2.23. The van der Waals surface area contributed by atoms with E-state index in [0.717, 1.165) is 5.56 Å². The first-order valence-corrected chi connectivity index (χ1v) is 13.5. The van der Waals surface area contributed by atoms with Gasteiger partial charge >= 0.3 is 0 Å². The normalized spacial score (nSPS) is 25.2. The molecule has 1 aromatic heterocycles. The molecule has 1 aromatic carbocycles. The van der Waals surface area contributed by atoms with E-state index in [1.54, 1.807) is 35.1 Å². The van der Waals surface area contributed by atoms with Crippen LogP contribution in [0.1, 0.15) is 23.7 Å². The molecule has 2 aliphatic rings. The van der Waals surface area contributed by atoms with Crippen molar-refractivity contribution >= 4 is 11.8 Å². The summed E-state index contributed by atoms with van der Waals surface area (Å²) in [5.74, 6) is -0.449. The van der Waals surface area contributed by atoms with Crippen LogP contribution in [0.5, 0.6) is 0 Å². The van der Waals surface area contributed by atoms with Crippen molar-refractivity contribution < 1.29 is 49.0 Å². The van der Waals surface area contributed by atoms with Crippen molar-refractivity contribution in [1.29, 1.82) is 0 Å². The molecule has 2 aromatic rings. The smallest absolute Gasteiger partial charge is 0.260 e. The molecule has 0 aliphatic carbocycles. The molecule has 5 unspecified atom stereocenters. The van der Waals surface area contributed by atoms with E-state index in [0.29, 0.717) is 50.6 Å². The molecule has 15 nitrogen and oxygen atoms in total. The Morgan fingerprint density at radius 1 is 1.12 bits per heavy atom. The van der Waals surface area contributed by atoms with Gasteiger partial charge in [0.1, 0.15) is 30.2 Å². The summed E-state index contributed by atoms with van der Waals surface area (Å²) in [6, 6.07) is 5.97. The van der Waals surface area contributed by atoms with Crippen molar-refractivity contribution in [3.8, 4) is 11.3 Å². The number of nitrogens with one attached hydrogen (secondary N) is 1. The number of aliphatic hydroxyl groups excluding tert-OH is 4. The van der Waals surface area contributed by atoms with Crippen LogP contribution in [0.15, 0.2) is 30.5 Å². The molecule has 4 rings (SSSR count). The van der Waals surface area contributed by atoms with Gasteiger partial charge in [-0.2, -0.15) is 0 Å². The van der Waals surface area contributed by atoms with E-state index >= 15 is 0 Å². The largest absolute Gasteiger partial charge is 0.394 e. The summed E-state index contributed by atoms with van der Waals surface area (Å²) in [5.41, 5.74) is 1.89. The number of amides is 2. The third-order valence-corrected chi connectivity index (χ3v) is 6.72. The Balaban J connectivity index is 1.10. The molecule has 6 atom stereocenters. The average molecular weight is 580 g/mol. The van der Waals surface area contributed by atoms with E-state index in [4.69, 9.17) is 18.9 Å². The Labute approximate surface area is 236 Å². The van der Waals surface area contributed by atoms with Crippen molar-refractivity contribution in [2.45, 2.75) is 56.8 Å². The standard InChI is InChI=1S/C26H37N5O10/c1-16(33)27-22-24(36)23(35)20(15-32)41-26(22)40-13-12-39-11-10-38-9-8-30-14-19(28-29-30)17-2-4-18(5-3-17)25(37)31-7-6-21(31)34/h2-5,14,16,20,22-24,26-27,32-33,35-36H,6-13,15H2,1H3/t16?,20?,22?,23?,24-,26?/m1/s1. The van der Waals surface area contributed by atoms with Crippen LogP contribution in [0, 0.1) is 0 Å². The number of imide groups is 1. The number of carbonyl (C=O) groups is 2. The zero-order valence-corrected chi connectivity index (χ0v) is 22.7. The molecule has 5 N–H and O–H groups in total. The SMILES string of the molecule is CC(O)NC1C(OCCOCCOCCn2cc(-c3ccc(C(=O)N4CCC4=O)cc3)nn2)OC(CO)C(O)[C@@H]1O. The van der Waals surface area contributed by atoms with Gasteiger partial charge in [0.2, 0.25) is 5.91 Å². The van der Waals surface area contributed by atoms with Crippen LogP contribution in [0.4, 0.5) is 0 Å². The molecule has 2 fully saturated rings. The second kappa shape index (κ2) is 14.9. The predicted octanol–water partition coefficient (Wildman–Crippen LogP) is -1.90. The summed E-state index contributed by atoms with van der Waals surface area (Å²) in [5, 5.41) is 50.3. The summed E-state index contributed by atoms with van der Waals surface area (Å²) in [6.45, 7) is 3.23. The van der Waals surface area contributed by atoms with E-state index in [-0.39, 0.29) is 25.0 Å². The lowest BCUT2D eigenvalue weighted by molar-refractivity contribution is -0.275. The van der Waals surface area contributed by atoms with Gasteiger partial charge in [-0.05, 0) is 19.1 Å². The van der Waals surface area contributed by atoms with Gasteiger partial charge in [0, 0.05) is 24.1 Å². The zero-order valence-electron chi connectivity index (χ0n) is 22.7. The van der Waals surface area contributed by atoms with Crippen LogP contribution in [-0.4, -0.2) is 135 Å². The van der Waals surface area contributed by atoms with E-state index in [1.165, 1.54) is 11.8 Å². The quantitative estimate of drug-likeness (QED) is 0.0680. The number of rotatable bonds is 15. The monoisotopic (exact) mass is 579 g/mol. The molecule has 41 heavy (non-hydrogen) atoms. The predicted molar refractivity (Wildman–Crippen MR) is 140 cm³/mol. The summed E-state index contributed by atoms with van der Waals surface area (Å²) < 4.78 is 23.9. The highest BCUT2D eigenvalue weighted by atomic mass is 16.7. The molecule has 226 valence electrons. The molecule has 0 radical (unpaired) electrons. The zero-order chi connectivity index (χ0) is 29.4. The molecular formula is C26H37N5O10. The van der Waals surface area contributed by atoms with Gasteiger partial charge in [-0.1, -0.05) is 17.3 Å². The molecule has 2 amide bonds. The summed E-state index contributed by atoms with van der Waals surface area (Å²) in [7, 11) is 0. The third-order valence-electron chi connectivity index (χ3n) is 6.72. The number of nitrogens with zero attached hydrogens (tertiary/aromatic N) is 4. The van der Waals surface area contributed by atoms with Gasteiger partial charge < -0.3 is 39.4 Å². The lowest BCUT2D eigenvalue weighted by atomic mass is 9.97. The molecule has 2 aliphatic heterocycles. The summed E-state index contributed by atoms with van der Waals surface area (Å²) in [6.07, 6.45) is -3.47. The van der Waals surface area contributed by atoms with Crippen LogP contribution < -0.4 is 5.32 Å². The van der Waals surface area contributed by atoms with Gasteiger partial charge in [-0.25, -0.2) is 4.68 Å². The Hall–Kier alpha value is -2.86. The van der Waals surface area contributed by atoms with Gasteiger partial charge in [-0.3, -0.25) is 19.8 Å². The van der Waals surface area contributed by atoms with Crippen LogP contribution in [0.2, 0.25) is 0 Å². The fourth-order valence-electron chi connectivity index (χ4n) is 4.39. The highest BCUT2D eigenvalue weighted by molar-refractivity contribution is 6.07. The summed E-state index contributed by atoms with van der Waals surface area (Å²) >= 11 is 0. The fourth-order valence-corrected chi connectivity index (χ4v) is 4.39. The van der Waals surface area contributed by atoms with Crippen molar-refractivity contribution in [2.75, 3.05) is 46.2 Å². The molecular weight excluding hydrogens is 542 g/mol. The maximum atomic E-state index is 12.3. The van der Waals surface area contributed by atoms with E-state index in [1.807, 2.05) is 0 Å². The van der Waals surface area contributed by atoms with Crippen LogP contribution in [-0.2, 0) is 30.3 Å². The van der Waals surface area contributed by atoms with Crippen molar-refractivity contribution in [1.82, 2.24) is 25.2 Å². The Bertz CT molecular complexity index is 1130. The number of aliphatic hydroxyl groups is 4. The molecule has 3 heterocycles. The fraction of sp³-hybridized carbons (Fsp3) is 0.615. The van der Waals surface area contributed by atoms with E-state index < -0.39 is 43.5 Å². The number of aromatic nitrogens is 3. The first-order chi connectivity index (χ1) is 19.8. The second-order valence-corrected chi connectivity index (χ2v) is 9.72. The lowest BCUT2D eigenvalue weighted by Crippen LogP contribution is -2.65. The minimum atomic E-state index is -1.33. The number of benzene rings is 1. The van der Waals surface area contributed by atoms with E-state index in [2.05, 4.69) is 15.6 Å². The number of hydrogen-bond acceptors (Lipinski definition) is 13. The highest BCUT2D eigenvalue weighted by Gasteiger charge is 2.45. The number of hydrogen-bond donors (Lipinski definition) is 5. The summed E-state index contributed by atoms with van der Waals surface area (Å²) in [4.78, 5) is 25.0. The molecule has 15 heteroatoms. The number of carbonyl (C=O) groups excluding carboxylic acids is 2. The van der Waals surface area contributed by atoms with Crippen LogP contribution in [0.25, 0.3) is 11.3 Å². The first kappa shape index (κ1) is 31.1. The lowest BCUT2D eigenvalue weighted by Gasteiger charge is -2.42. The van der Waals surface area contributed by atoms with Gasteiger partial charge in [0.15, 0.2) is 6.29 Å². The van der Waals surface area contributed by atoms with E-state index in [9.17, 15) is 30.0 Å². The Morgan fingerprint density at radius 3 is 2.46 bits per heavy atom. The number of β-lactam (4-membered cyclic amide) rings is 1. The number of ether oxygens (including phenoxy) is 4. The topological polar surface area (TPSA) is 198 Å². The van der Waals surface area contributed by atoms with Crippen LogP contribution >= 0.6 is 0 Å². The van der Waals surface area contributed by atoms with Gasteiger partial charge in [0.25, 0.3) is 5.91 Å². The average Bonchev–Trinajstić information content (AvgIpc) is 3.43. The first-order valence-electron chi connectivity index (χ1n) is 13.5. The molecule has 0 bridgehead atoms. The van der Waals surface area contributed by atoms with Crippen molar-refractivity contribution in [3.05, 3.63) is 36.0 Å². The molecule has 0 spiro atoms. The third kappa shape index (κ3) is 8.12. The van der Waals surface area contributed by atoms with Crippen molar-refractivity contribution in [2.24, 2.45) is 0 Å². The van der Waals surface area contributed by atoms with Gasteiger partial charge in [0.05, 0.1) is 58.4 Å². The van der Waals surface area contributed by atoms with Crippen LogP contribution in [0.3, 0.4) is 0 Å². The maximum Gasteiger partial charge on any atom is 0.260 e. The second-order valence-electron chi connectivity index (χ2n) is 9.72. The van der Waals surface area contributed by atoms with Gasteiger partial charge in [-0.15, -0.1) is 5.10 Å². The molecule has 2 saturated heterocycles. The minimum absolute atomic E-state index is 0.108.